The van der Waals surface area contributed by atoms with E-state index in [4.69, 9.17) is 23.7 Å². The Morgan fingerprint density at radius 2 is 0.491 bits per heavy atom. The summed E-state index contributed by atoms with van der Waals surface area (Å²) in [6.45, 7) is 51.8. The van der Waals surface area contributed by atoms with E-state index in [2.05, 4.69) is 130 Å². The minimum atomic E-state index is -2.63. The number of rotatable bonds is 14. The molecular weight excluding hydrogens is 1470 g/mol. The molecule has 3 aliphatic carbocycles. The summed E-state index contributed by atoms with van der Waals surface area (Å²) in [5.74, 6) is 17.2. The second-order valence-corrected chi connectivity index (χ2v) is 40.9. The Kier molecular flexibility index (Phi) is 85.7. The molecule has 0 amide bonds. The molecule has 116 heavy (non-hydrogen) atoms. The molecule has 11 heterocycles. The Bertz CT molecular complexity index is 1710. The SMILES string of the molecule is C.CCC1CCCC1.CCC1CCCCC1.CCC1CCCCCC1.CCC1CCCCOC1.CCC1CCCNCC1.CCC1CCCNCC1.CCC1CCCOC1.CCC1CCCOCC1.CCC1CCNC1.CCC1CCNCC1.CCC1CCOC1.CCC1CCOCC1.CCC1CCS(=O)(=O)CC1.CCC1CCSC1. The van der Waals surface area contributed by atoms with Crippen molar-refractivity contribution in [1.82, 2.24) is 21.3 Å². The molecule has 0 aromatic carbocycles. The van der Waals surface area contributed by atoms with Crippen molar-refractivity contribution >= 4 is 21.6 Å². The van der Waals surface area contributed by atoms with Crippen molar-refractivity contribution in [3.05, 3.63) is 0 Å². The highest BCUT2D eigenvalue weighted by Gasteiger charge is 2.23. The van der Waals surface area contributed by atoms with Gasteiger partial charge < -0.3 is 45.0 Å². The molecule has 8 atom stereocenters. The van der Waals surface area contributed by atoms with Crippen molar-refractivity contribution in [3.8, 4) is 0 Å². The molecule has 14 rings (SSSR count). The normalized spacial score (nSPS) is 27.4. The van der Waals surface area contributed by atoms with Gasteiger partial charge in [-0.3, -0.25) is 0 Å². The van der Waals surface area contributed by atoms with Crippen molar-refractivity contribution < 1.29 is 32.1 Å². The fourth-order valence-corrected chi connectivity index (χ4v) is 21.2. The zero-order valence-electron chi connectivity index (χ0n) is 80.1. The van der Waals surface area contributed by atoms with Crippen molar-refractivity contribution in [3.63, 3.8) is 0 Å². The lowest BCUT2D eigenvalue weighted by Gasteiger charge is -2.20. The smallest absolute Gasteiger partial charge is 0.150 e. The molecule has 0 spiro atoms. The highest BCUT2D eigenvalue weighted by atomic mass is 32.2. The minimum Gasteiger partial charge on any atom is -0.381 e. The first-order valence-electron chi connectivity index (χ1n) is 51.7. The van der Waals surface area contributed by atoms with E-state index in [1.54, 1.807) is 0 Å². The van der Waals surface area contributed by atoms with Gasteiger partial charge in [0.2, 0.25) is 0 Å². The first kappa shape index (κ1) is 116. The predicted octanol–water partition coefficient (Wildman–Crippen LogP) is 28.4. The van der Waals surface area contributed by atoms with Gasteiger partial charge in [-0.15, -0.1) is 0 Å². The summed E-state index contributed by atoms with van der Waals surface area (Å²) in [5, 5.41) is 13.5. The minimum absolute atomic E-state index is 0. The number of piperidine rings is 1. The van der Waals surface area contributed by atoms with Crippen LogP contribution in [-0.4, -0.2) is 150 Å². The number of thioether (sulfide) groups is 1. The second-order valence-electron chi connectivity index (χ2n) is 37.4. The maximum absolute atomic E-state index is 10.9. The molecule has 11 nitrogen and oxygen atoms in total. The van der Waals surface area contributed by atoms with Crippen LogP contribution < -0.4 is 21.3 Å². The Hall–Kier alpha value is -0.0600. The van der Waals surface area contributed by atoms with Gasteiger partial charge in [0, 0.05) is 66.1 Å². The van der Waals surface area contributed by atoms with E-state index >= 15 is 0 Å². The van der Waals surface area contributed by atoms with E-state index < -0.39 is 9.84 Å². The van der Waals surface area contributed by atoms with Gasteiger partial charge in [0.25, 0.3) is 0 Å². The largest absolute Gasteiger partial charge is 0.381 e. The molecule has 0 radical (unpaired) electrons. The Morgan fingerprint density at radius 1 is 0.233 bits per heavy atom. The molecule has 4 N–H and O–H groups in total. The van der Waals surface area contributed by atoms with Crippen molar-refractivity contribution in [2.24, 2.45) is 82.9 Å². The predicted molar refractivity (Wildman–Crippen MR) is 517 cm³/mol. The highest BCUT2D eigenvalue weighted by Crippen LogP contribution is 2.30. The topological polar surface area (TPSA) is 128 Å². The number of nitrogens with one attached hydrogen (secondary N) is 4. The van der Waals surface area contributed by atoms with Crippen LogP contribution >= 0.6 is 11.8 Å². The molecule has 0 bridgehead atoms. The van der Waals surface area contributed by atoms with E-state index in [-0.39, 0.29) is 7.43 Å². The summed E-state index contributed by atoms with van der Waals surface area (Å²) in [6, 6.07) is 0. The van der Waals surface area contributed by atoms with Gasteiger partial charge in [-0.25, -0.2) is 8.42 Å². The lowest BCUT2D eigenvalue weighted by atomic mass is 9.88. The average Bonchev–Trinajstić information content (AvgIpc) is 1.42. The van der Waals surface area contributed by atoms with Crippen LogP contribution in [0.2, 0.25) is 0 Å². The lowest BCUT2D eigenvalue weighted by molar-refractivity contribution is 0.0535. The monoisotopic (exact) mass is 1680 g/mol. The summed E-state index contributed by atoms with van der Waals surface area (Å²) in [6.07, 6.45) is 71.8. The summed E-state index contributed by atoms with van der Waals surface area (Å²) < 4.78 is 48.2. The van der Waals surface area contributed by atoms with E-state index in [9.17, 15) is 8.42 Å². The van der Waals surface area contributed by atoms with Gasteiger partial charge in [0.1, 0.15) is 9.84 Å². The standard InChI is InChI=1S/C9H18.2C8H17N.2C8H16O.C8H16.C7H15N.C7H14O2S.2C7H14O.C7H14.C6H13N.C6H12O.C6H12S.CH4/c1-2-9-7-5-3-4-6-8-9;3*1-2-8-4-3-6-9-7-5-8;1-2-8-5-3-4-6-9-7-8;1-2-8-6-4-3-5-7-8;1-2-7-3-5-8-6-4-7;1-2-7-3-5-10(8,9)6-4-7;1-2-7-3-5-8-6-4-7;1-2-7-4-3-5-8-6-7;1-2-7-5-3-4-6-7;3*1-2-6-3-4-7-5-6;/h9H,2-8H2,1H3;2*8-9H,2-7H2,1H3;2*8H,2-7H2,1H3;8H,2-7H2,1H3;7-8H,2-6H2,1H3;7H,2-6H2,1H3;2*7H,2-6H2,1H3;7H,2-6H2,1H3;6-7H,2-5H2,1H3;2*6H,2-5H2,1H3;1H4. The summed E-state index contributed by atoms with van der Waals surface area (Å²) >= 11 is 2.11. The molecule has 11 aliphatic heterocycles. The van der Waals surface area contributed by atoms with Crippen LogP contribution in [0, 0.1) is 82.9 Å². The third kappa shape index (κ3) is 69.2. The average molecular weight is 1680 g/mol. The first-order chi connectivity index (χ1) is 56.3. The molecule has 698 valence electrons. The number of hydrogen-bond donors (Lipinski definition) is 4. The van der Waals surface area contributed by atoms with E-state index in [1.807, 2.05) is 0 Å². The zero-order chi connectivity index (χ0) is 84.0. The number of sulfone groups is 1. The quantitative estimate of drug-likeness (QED) is 0.124. The Labute approximate surface area is 732 Å². The van der Waals surface area contributed by atoms with Crippen LogP contribution in [0.5, 0.6) is 0 Å². The molecular formula is C103H212N4O7S2. The molecule has 0 aromatic heterocycles. The van der Waals surface area contributed by atoms with Crippen LogP contribution in [0.1, 0.15) is 438 Å². The van der Waals surface area contributed by atoms with E-state index in [0.717, 1.165) is 162 Å². The maximum Gasteiger partial charge on any atom is 0.150 e. The molecule has 11 saturated heterocycles. The summed E-state index contributed by atoms with van der Waals surface area (Å²) in [7, 11) is -2.63. The van der Waals surface area contributed by atoms with Crippen LogP contribution in [0.25, 0.3) is 0 Å². The van der Waals surface area contributed by atoms with Gasteiger partial charge in [0.05, 0.1) is 11.5 Å². The summed E-state index contributed by atoms with van der Waals surface area (Å²) in [5.41, 5.74) is 0. The zero-order valence-corrected chi connectivity index (χ0v) is 81.7. The maximum atomic E-state index is 10.9. The molecule has 14 aliphatic rings. The highest BCUT2D eigenvalue weighted by molar-refractivity contribution is 7.99. The van der Waals surface area contributed by atoms with Gasteiger partial charge in [-0.2, -0.15) is 11.8 Å². The van der Waals surface area contributed by atoms with E-state index in [0.29, 0.717) is 17.4 Å². The molecule has 0 aromatic rings. The van der Waals surface area contributed by atoms with Crippen LogP contribution in [0.3, 0.4) is 0 Å². The van der Waals surface area contributed by atoms with Crippen LogP contribution in [0.15, 0.2) is 0 Å². The van der Waals surface area contributed by atoms with Crippen molar-refractivity contribution in [1.29, 1.82) is 0 Å². The fourth-order valence-electron chi connectivity index (χ4n) is 18.3. The van der Waals surface area contributed by atoms with Crippen LogP contribution in [0.4, 0.5) is 0 Å². The third-order valence-corrected chi connectivity index (χ3v) is 31.6. The number of hydrogen-bond acceptors (Lipinski definition) is 12. The second kappa shape index (κ2) is 85.7. The lowest BCUT2D eigenvalue weighted by Crippen LogP contribution is -2.27. The molecule has 8 unspecified atom stereocenters. The molecule has 13 heteroatoms. The van der Waals surface area contributed by atoms with Gasteiger partial charge >= 0.3 is 0 Å². The van der Waals surface area contributed by atoms with Crippen molar-refractivity contribution in [2.75, 3.05) is 141 Å². The first-order valence-corrected chi connectivity index (χ1v) is 54.7. The van der Waals surface area contributed by atoms with Crippen LogP contribution in [-0.2, 0) is 33.5 Å². The van der Waals surface area contributed by atoms with E-state index in [1.165, 1.54) is 378 Å². The Balaban J connectivity index is 0.00000123. The fraction of sp³-hybridized carbons (Fsp3) is 1.00. The van der Waals surface area contributed by atoms with Gasteiger partial charge in [-0.05, 0) is 288 Å². The summed E-state index contributed by atoms with van der Waals surface area (Å²) in [4.78, 5) is 0. The van der Waals surface area contributed by atoms with Gasteiger partial charge in [-0.1, -0.05) is 297 Å². The third-order valence-electron chi connectivity index (χ3n) is 28.7. The molecule has 14 fully saturated rings. The van der Waals surface area contributed by atoms with Gasteiger partial charge in [0.15, 0.2) is 0 Å². The van der Waals surface area contributed by atoms with Crippen molar-refractivity contribution in [2.45, 2.75) is 438 Å². The number of ether oxygens (including phenoxy) is 5. The Morgan fingerprint density at radius 3 is 0.845 bits per heavy atom. The molecule has 3 saturated carbocycles.